The fraction of sp³-hybridized carbons (Fsp3) is 0.560. The molecule has 0 aromatic heterocycles. The lowest BCUT2D eigenvalue weighted by atomic mass is 9.88. The zero-order chi connectivity index (χ0) is 20.8. The molecule has 0 spiro atoms. The van der Waals surface area contributed by atoms with Crippen LogP contribution in [0.3, 0.4) is 0 Å². The summed E-state index contributed by atoms with van der Waals surface area (Å²) in [7, 11) is 0. The van der Waals surface area contributed by atoms with E-state index in [-0.39, 0.29) is 12.0 Å². The number of fused-ring (bicyclic) bond motifs is 1. The van der Waals surface area contributed by atoms with E-state index in [0.717, 1.165) is 56.9 Å². The minimum absolute atomic E-state index is 0.0980. The number of rotatable bonds is 10. The van der Waals surface area contributed by atoms with E-state index in [9.17, 15) is 20.1 Å². The highest BCUT2D eigenvalue weighted by molar-refractivity contribution is 5.89. The van der Waals surface area contributed by atoms with Crippen LogP contribution in [0.25, 0.3) is 0 Å². The maximum atomic E-state index is 11.4. The van der Waals surface area contributed by atoms with Crippen LogP contribution >= 0.6 is 0 Å². The highest BCUT2D eigenvalue weighted by Crippen LogP contribution is 2.48. The first-order chi connectivity index (χ1) is 14.0. The predicted molar refractivity (Wildman–Crippen MR) is 115 cm³/mol. The Morgan fingerprint density at radius 3 is 2.79 bits per heavy atom. The summed E-state index contributed by atoms with van der Waals surface area (Å²) in [6.45, 7) is 2.15. The van der Waals surface area contributed by atoms with Crippen molar-refractivity contribution in [2.24, 2.45) is 17.8 Å². The van der Waals surface area contributed by atoms with Gasteiger partial charge in [0.15, 0.2) is 0 Å². The molecule has 3 rings (SSSR count). The Bertz CT molecular complexity index is 751. The summed E-state index contributed by atoms with van der Waals surface area (Å²) < 4.78 is 0. The van der Waals surface area contributed by atoms with E-state index in [1.807, 2.05) is 24.3 Å². The Morgan fingerprint density at radius 1 is 1.24 bits per heavy atom. The highest BCUT2D eigenvalue weighted by Gasteiger charge is 2.43. The Labute approximate surface area is 174 Å². The summed E-state index contributed by atoms with van der Waals surface area (Å²) in [4.78, 5) is 11.4. The molecule has 5 atom stereocenters. The second-order valence-corrected chi connectivity index (χ2v) is 8.65. The second kappa shape index (κ2) is 10.2. The van der Waals surface area contributed by atoms with Gasteiger partial charge in [-0.15, -0.1) is 0 Å². The lowest BCUT2D eigenvalue weighted by molar-refractivity contribution is 0.0695. The molecule has 0 unspecified atom stereocenters. The topological polar surface area (TPSA) is 77.8 Å². The molecule has 2 aliphatic rings. The maximum Gasteiger partial charge on any atom is 0.335 e. The zero-order valence-electron chi connectivity index (χ0n) is 17.3. The van der Waals surface area contributed by atoms with Gasteiger partial charge in [-0.25, -0.2) is 4.79 Å². The van der Waals surface area contributed by atoms with Crippen molar-refractivity contribution < 1.29 is 20.1 Å². The van der Waals surface area contributed by atoms with Crippen LogP contribution in [-0.4, -0.2) is 33.5 Å². The summed E-state index contributed by atoms with van der Waals surface area (Å²) >= 11 is 0. The third-order valence-corrected chi connectivity index (χ3v) is 6.57. The maximum absolute atomic E-state index is 11.4. The van der Waals surface area contributed by atoms with Gasteiger partial charge in [0.1, 0.15) is 0 Å². The minimum atomic E-state index is -0.872. The number of aromatic carboxylic acids is 1. The van der Waals surface area contributed by atoms with Crippen LogP contribution in [0.15, 0.2) is 48.1 Å². The summed E-state index contributed by atoms with van der Waals surface area (Å²) in [6.07, 6.45) is 12.9. The van der Waals surface area contributed by atoms with Gasteiger partial charge in [0.2, 0.25) is 0 Å². The number of unbranched alkanes of at least 4 members (excludes halogenated alkanes) is 2. The van der Waals surface area contributed by atoms with E-state index in [0.29, 0.717) is 17.4 Å². The molecular formula is C25H34O4. The van der Waals surface area contributed by atoms with Gasteiger partial charge in [-0.1, -0.05) is 68.2 Å². The molecule has 1 aromatic rings. The van der Waals surface area contributed by atoms with Crippen LogP contribution < -0.4 is 0 Å². The van der Waals surface area contributed by atoms with Crippen molar-refractivity contribution in [2.75, 3.05) is 0 Å². The Morgan fingerprint density at radius 2 is 2.03 bits per heavy atom. The third kappa shape index (κ3) is 5.58. The summed E-state index contributed by atoms with van der Waals surface area (Å²) in [5, 5.41) is 30.0. The fourth-order valence-electron chi connectivity index (χ4n) is 4.99. The number of carbonyl (C=O) groups is 1. The molecule has 2 aliphatic carbocycles. The van der Waals surface area contributed by atoms with Crippen molar-refractivity contribution in [3.63, 3.8) is 0 Å². The van der Waals surface area contributed by atoms with Crippen molar-refractivity contribution >= 4 is 5.97 Å². The van der Waals surface area contributed by atoms with Crippen LogP contribution in [0.4, 0.5) is 0 Å². The average molecular weight is 399 g/mol. The van der Waals surface area contributed by atoms with E-state index in [1.54, 1.807) is 12.1 Å². The number of benzene rings is 1. The zero-order valence-corrected chi connectivity index (χ0v) is 17.3. The SMILES string of the molecule is CCCCC[C@H](O)C=C[C@H]1[C@H]2CC(CCc3ccccc3C(=O)O)=C[C@H]2C[C@H]1O. The van der Waals surface area contributed by atoms with Gasteiger partial charge >= 0.3 is 5.97 Å². The molecule has 0 amide bonds. The largest absolute Gasteiger partial charge is 0.478 e. The molecular weight excluding hydrogens is 364 g/mol. The molecule has 0 heterocycles. The molecule has 1 saturated carbocycles. The Balaban J connectivity index is 1.55. The molecule has 0 saturated heterocycles. The molecule has 0 bridgehead atoms. The number of carboxylic acid groups (broad SMARTS) is 1. The second-order valence-electron chi connectivity index (χ2n) is 8.65. The van der Waals surface area contributed by atoms with Gasteiger partial charge in [-0.05, 0) is 55.6 Å². The number of aliphatic hydroxyl groups excluding tert-OH is 2. The summed E-state index contributed by atoms with van der Waals surface area (Å²) in [6, 6.07) is 7.22. The lowest BCUT2D eigenvalue weighted by Gasteiger charge is -2.19. The third-order valence-electron chi connectivity index (χ3n) is 6.57. The average Bonchev–Trinajstić information content (AvgIpc) is 3.21. The van der Waals surface area contributed by atoms with E-state index >= 15 is 0 Å². The quantitative estimate of drug-likeness (QED) is 0.392. The summed E-state index contributed by atoms with van der Waals surface area (Å²) in [5.74, 6) is 0.0139. The Kier molecular flexibility index (Phi) is 7.68. The van der Waals surface area contributed by atoms with Crippen molar-refractivity contribution in [3.8, 4) is 0 Å². The van der Waals surface area contributed by atoms with Crippen molar-refractivity contribution in [1.29, 1.82) is 0 Å². The number of hydrogen-bond donors (Lipinski definition) is 3. The van der Waals surface area contributed by atoms with Crippen LogP contribution in [0.2, 0.25) is 0 Å². The highest BCUT2D eigenvalue weighted by atomic mass is 16.4. The predicted octanol–water partition coefficient (Wildman–Crippen LogP) is 4.76. The normalized spacial score (nSPS) is 27.2. The van der Waals surface area contributed by atoms with Gasteiger partial charge in [-0.3, -0.25) is 0 Å². The van der Waals surface area contributed by atoms with Crippen molar-refractivity contribution in [3.05, 3.63) is 59.2 Å². The van der Waals surface area contributed by atoms with Gasteiger partial charge in [0.25, 0.3) is 0 Å². The van der Waals surface area contributed by atoms with E-state index in [4.69, 9.17) is 0 Å². The Hall–Kier alpha value is -1.91. The summed E-state index contributed by atoms with van der Waals surface area (Å²) in [5.41, 5.74) is 2.64. The van der Waals surface area contributed by atoms with E-state index < -0.39 is 12.1 Å². The molecule has 158 valence electrons. The van der Waals surface area contributed by atoms with Gasteiger partial charge in [0.05, 0.1) is 17.8 Å². The van der Waals surface area contributed by atoms with Crippen LogP contribution in [-0.2, 0) is 6.42 Å². The molecule has 3 N–H and O–H groups in total. The number of hydrogen-bond acceptors (Lipinski definition) is 3. The standard InChI is InChI=1S/C25H34O4/c1-2-3-4-8-20(26)12-13-22-23-15-17(14-19(23)16-24(22)27)10-11-18-7-5-6-9-21(18)25(28)29/h5-7,9,12-14,19-20,22-24,26-27H,2-4,8,10-11,15-16H2,1H3,(H,28,29)/t19-,20-,22-,23-,24+/m0/s1. The van der Waals surface area contributed by atoms with E-state index in [2.05, 4.69) is 13.0 Å². The van der Waals surface area contributed by atoms with Crippen molar-refractivity contribution in [1.82, 2.24) is 0 Å². The smallest absolute Gasteiger partial charge is 0.335 e. The van der Waals surface area contributed by atoms with Crippen LogP contribution in [0.5, 0.6) is 0 Å². The minimum Gasteiger partial charge on any atom is -0.478 e. The molecule has 4 nitrogen and oxygen atoms in total. The monoisotopic (exact) mass is 398 g/mol. The molecule has 4 heteroatoms. The van der Waals surface area contributed by atoms with Gasteiger partial charge < -0.3 is 15.3 Å². The molecule has 0 radical (unpaired) electrons. The molecule has 29 heavy (non-hydrogen) atoms. The number of aryl methyl sites for hydroxylation is 1. The number of carboxylic acids is 1. The van der Waals surface area contributed by atoms with Crippen molar-refractivity contribution in [2.45, 2.75) is 70.5 Å². The first-order valence-electron chi connectivity index (χ1n) is 11.0. The lowest BCUT2D eigenvalue weighted by Crippen LogP contribution is -2.18. The fourth-order valence-corrected chi connectivity index (χ4v) is 4.99. The van der Waals surface area contributed by atoms with Gasteiger partial charge in [-0.2, -0.15) is 0 Å². The van der Waals surface area contributed by atoms with E-state index in [1.165, 1.54) is 5.57 Å². The van der Waals surface area contributed by atoms with Gasteiger partial charge in [0, 0.05) is 5.92 Å². The number of allylic oxidation sites excluding steroid dienone is 2. The first-order valence-corrected chi connectivity index (χ1v) is 11.0. The molecule has 0 aliphatic heterocycles. The van der Waals surface area contributed by atoms with Crippen LogP contribution in [0.1, 0.15) is 67.8 Å². The molecule has 1 aromatic carbocycles. The number of aliphatic hydroxyl groups is 2. The first kappa shape index (κ1) is 21.8. The van der Waals surface area contributed by atoms with Crippen LogP contribution in [0, 0.1) is 17.8 Å². The molecule has 1 fully saturated rings.